The second-order valence-corrected chi connectivity index (χ2v) is 7.36. The summed E-state index contributed by atoms with van der Waals surface area (Å²) in [5.41, 5.74) is 3.10. The maximum Gasteiger partial charge on any atom is 0.191 e. The average molecular weight is 413 g/mol. The van der Waals surface area contributed by atoms with Gasteiger partial charge in [0.15, 0.2) is 5.96 Å². The molecule has 8 heteroatoms. The van der Waals surface area contributed by atoms with E-state index >= 15 is 0 Å². The Kier molecular flexibility index (Phi) is 7.24. The minimum absolute atomic E-state index is 0.206. The van der Waals surface area contributed by atoms with Crippen molar-refractivity contribution in [2.45, 2.75) is 25.8 Å². The Labute approximate surface area is 174 Å². The SMILES string of the molecule is CN=C(NCc1ccc(-n2ccnc2C)nc1)NCc1ccc(F)cc1CSC. The lowest BCUT2D eigenvalue weighted by atomic mass is 10.1. The maximum atomic E-state index is 13.5. The minimum atomic E-state index is -0.206. The van der Waals surface area contributed by atoms with Gasteiger partial charge in [0.05, 0.1) is 0 Å². The van der Waals surface area contributed by atoms with Gasteiger partial charge in [-0.3, -0.25) is 9.56 Å². The van der Waals surface area contributed by atoms with Crippen LogP contribution in [0.3, 0.4) is 0 Å². The van der Waals surface area contributed by atoms with Gasteiger partial charge < -0.3 is 10.6 Å². The van der Waals surface area contributed by atoms with Crippen molar-refractivity contribution < 1.29 is 4.39 Å². The minimum Gasteiger partial charge on any atom is -0.352 e. The summed E-state index contributed by atoms with van der Waals surface area (Å²) in [5.74, 6) is 2.98. The molecule has 3 rings (SSSR count). The highest BCUT2D eigenvalue weighted by Gasteiger charge is 2.06. The smallest absolute Gasteiger partial charge is 0.191 e. The van der Waals surface area contributed by atoms with Gasteiger partial charge >= 0.3 is 0 Å². The van der Waals surface area contributed by atoms with E-state index in [2.05, 4.69) is 25.6 Å². The van der Waals surface area contributed by atoms with Gasteiger partial charge in [0.1, 0.15) is 17.5 Å². The lowest BCUT2D eigenvalue weighted by molar-refractivity contribution is 0.625. The third-order valence-corrected chi connectivity index (χ3v) is 5.08. The van der Waals surface area contributed by atoms with E-state index in [0.717, 1.165) is 34.1 Å². The van der Waals surface area contributed by atoms with Crippen molar-refractivity contribution in [3.8, 4) is 5.82 Å². The molecule has 2 aromatic heterocycles. The third kappa shape index (κ3) is 5.57. The van der Waals surface area contributed by atoms with E-state index in [4.69, 9.17) is 0 Å². The number of hydrogen-bond acceptors (Lipinski definition) is 4. The molecular weight excluding hydrogens is 387 g/mol. The van der Waals surface area contributed by atoms with Gasteiger partial charge in [-0.1, -0.05) is 12.1 Å². The van der Waals surface area contributed by atoms with E-state index in [9.17, 15) is 4.39 Å². The molecule has 0 aliphatic rings. The van der Waals surface area contributed by atoms with Gasteiger partial charge in [0.2, 0.25) is 0 Å². The van der Waals surface area contributed by atoms with Gasteiger partial charge in [-0.25, -0.2) is 14.4 Å². The van der Waals surface area contributed by atoms with Crippen LogP contribution in [0, 0.1) is 12.7 Å². The van der Waals surface area contributed by atoms with E-state index < -0.39 is 0 Å². The molecule has 3 aromatic rings. The van der Waals surface area contributed by atoms with E-state index in [1.165, 1.54) is 6.07 Å². The molecule has 2 heterocycles. The number of pyridine rings is 1. The van der Waals surface area contributed by atoms with Crippen molar-refractivity contribution in [2.24, 2.45) is 4.99 Å². The summed E-state index contributed by atoms with van der Waals surface area (Å²) in [6, 6.07) is 8.90. The summed E-state index contributed by atoms with van der Waals surface area (Å²) in [5, 5.41) is 6.57. The molecule has 6 nitrogen and oxygen atoms in total. The van der Waals surface area contributed by atoms with E-state index in [0.29, 0.717) is 19.0 Å². The Morgan fingerprint density at radius 2 is 1.97 bits per heavy atom. The summed E-state index contributed by atoms with van der Waals surface area (Å²) in [7, 11) is 1.73. The Bertz CT molecular complexity index is 968. The molecule has 0 amide bonds. The zero-order chi connectivity index (χ0) is 20.6. The second-order valence-electron chi connectivity index (χ2n) is 6.49. The predicted molar refractivity (Wildman–Crippen MR) is 117 cm³/mol. The number of halogens is 1. The molecule has 0 radical (unpaired) electrons. The van der Waals surface area contributed by atoms with Gasteiger partial charge in [0.25, 0.3) is 0 Å². The molecule has 0 aliphatic heterocycles. The fourth-order valence-electron chi connectivity index (χ4n) is 2.93. The van der Waals surface area contributed by atoms with E-state index in [1.807, 2.05) is 48.3 Å². The monoisotopic (exact) mass is 412 g/mol. The van der Waals surface area contributed by atoms with Crippen LogP contribution in [-0.2, 0) is 18.8 Å². The molecule has 0 spiro atoms. The topological polar surface area (TPSA) is 67.1 Å². The van der Waals surface area contributed by atoms with Crippen LogP contribution in [0.2, 0.25) is 0 Å². The number of benzene rings is 1. The van der Waals surface area contributed by atoms with Crippen LogP contribution in [0.15, 0.2) is 53.9 Å². The van der Waals surface area contributed by atoms with E-state index in [-0.39, 0.29) is 5.82 Å². The molecule has 0 bridgehead atoms. The molecule has 152 valence electrons. The van der Waals surface area contributed by atoms with Crippen LogP contribution < -0.4 is 10.6 Å². The van der Waals surface area contributed by atoms with E-state index in [1.54, 1.807) is 31.1 Å². The largest absolute Gasteiger partial charge is 0.352 e. The number of aromatic nitrogens is 3. The molecule has 1 aromatic carbocycles. The molecule has 0 saturated carbocycles. The molecule has 0 fully saturated rings. The highest BCUT2D eigenvalue weighted by molar-refractivity contribution is 7.97. The van der Waals surface area contributed by atoms with Gasteiger partial charge in [0, 0.05) is 44.5 Å². The zero-order valence-corrected chi connectivity index (χ0v) is 17.6. The highest BCUT2D eigenvalue weighted by Crippen LogP contribution is 2.16. The Morgan fingerprint density at radius 1 is 1.14 bits per heavy atom. The predicted octanol–water partition coefficient (Wildman–Crippen LogP) is 3.44. The lowest BCUT2D eigenvalue weighted by Crippen LogP contribution is -2.36. The number of imidazole rings is 1. The molecule has 29 heavy (non-hydrogen) atoms. The second kappa shape index (κ2) is 10.1. The van der Waals surface area contributed by atoms with Crippen LogP contribution in [0.4, 0.5) is 4.39 Å². The first-order chi connectivity index (χ1) is 14.1. The van der Waals surface area contributed by atoms with Crippen LogP contribution in [-0.4, -0.2) is 33.8 Å². The number of nitrogens with zero attached hydrogens (tertiary/aromatic N) is 4. The third-order valence-electron chi connectivity index (χ3n) is 4.48. The Hall–Kier alpha value is -2.87. The fraction of sp³-hybridized carbons (Fsp3) is 0.286. The van der Waals surface area contributed by atoms with Gasteiger partial charge in [-0.05, 0) is 48.1 Å². The normalized spacial score (nSPS) is 11.5. The van der Waals surface area contributed by atoms with Crippen molar-refractivity contribution in [2.75, 3.05) is 13.3 Å². The van der Waals surface area contributed by atoms with Crippen molar-refractivity contribution in [1.29, 1.82) is 0 Å². The number of rotatable bonds is 7. The number of guanidine groups is 1. The van der Waals surface area contributed by atoms with Gasteiger partial charge in [-0.15, -0.1) is 0 Å². The number of aryl methyl sites for hydroxylation is 1. The standard InChI is InChI=1S/C21H25FN6S/c1-15-24-8-9-28(15)20-7-4-16(11-25-20)12-26-21(23-2)27-13-17-5-6-19(22)10-18(17)14-29-3/h4-11H,12-14H2,1-3H3,(H2,23,26,27). The first-order valence-corrected chi connectivity index (χ1v) is 10.7. The molecule has 0 aliphatic carbocycles. The number of thioether (sulfide) groups is 1. The zero-order valence-electron chi connectivity index (χ0n) is 16.8. The number of hydrogen-bond donors (Lipinski definition) is 2. The van der Waals surface area contributed by atoms with Crippen LogP contribution in [0.5, 0.6) is 0 Å². The summed E-state index contributed by atoms with van der Waals surface area (Å²) >= 11 is 1.67. The van der Waals surface area contributed by atoms with Crippen LogP contribution >= 0.6 is 11.8 Å². The van der Waals surface area contributed by atoms with Gasteiger partial charge in [-0.2, -0.15) is 11.8 Å². The first-order valence-electron chi connectivity index (χ1n) is 9.26. The van der Waals surface area contributed by atoms with Crippen molar-refractivity contribution in [3.05, 3.63) is 77.3 Å². The molecule has 2 N–H and O–H groups in total. The van der Waals surface area contributed by atoms with Crippen molar-refractivity contribution in [3.63, 3.8) is 0 Å². The summed E-state index contributed by atoms with van der Waals surface area (Å²) in [6.45, 7) is 3.11. The first kappa shape index (κ1) is 20.9. The summed E-state index contributed by atoms with van der Waals surface area (Å²) in [4.78, 5) is 13.0. The molecule has 0 unspecified atom stereocenters. The quantitative estimate of drug-likeness (QED) is 0.460. The number of aliphatic imine (C=N–C) groups is 1. The Morgan fingerprint density at radius 3 is 2.62 bits per heavy atom. The summed E-state index contributed by atoms with van der Waals surface area (Å²) in [6.07, 6.45) is 7.50. The number of nitrogens with one attached hydrogen (secondary N) is 2. The summed E-state index contributed by atoms with van der Waals surface area (Å²) < 4.78 is 15.4. The Balaban J connectivity index is 1.57. The van der Waals surface area contributed by atoms with Crippen LogP contribution in [0.25, 0.3) is 5.82 Å². The lowest BCUT2D eigenvalue weighted by Gasteiger charge is -2.14. The van der Waals surface area contributed by atoms with Crippen molar-refractivity contribution in [1.82, 2.24) is 25.2 Å². The van der Waals surface area contributed by atoms with Crippen LogP contribution in [0.1, 0.15) is 22.5 Å². The average Bonchev–Trinajstić information content (AvgIpc) is 3.16. The molecule has 0 saturated heterocycles. The molecule has 0 atom stereocenters. The van der Waals surface area contributed by atoms with Crippen molar-refractivity contribution >= 4 is 17.7 Å². The maximum absolute atomic E-state index is 13.5. The fourth-order valence-corrected chi connectivity index (χ4v) is 3.51. The molecular formula is C21H25FN6S. The highest BCUT2D eigenvalue weighted by atomic mass is 32.2.